The number of carbonyl (C=O) groups excluding carboxylic acids is 1. The summed E-state index contributed by atoms with van der Waals surface area (Å²) in [7, 11) is -15.0. The van der Waals surface area contributed by atoms with Gasteiger partial charge < -0.3 is 15.2 Å². The number of ether oxygens (including phenoxy) is 1. The fourth-order valence-electron chi connectivity index (χ4n) is 5.52. The molecule has 0 aliphatic heterocycles. The molecule has 5 N–H and O–H groups in total. The second-order valence-corrected chi connectivity index (χ2v) is 18.3. The Labute approximate surface area is 296 Å². The molecule has 1 unspecified atom stereocenters. The van der Waals surface area contributed by atoms with Crippen LogP contribution in [0.15, 0.2) is 79.5 Å². The number of hydrogen-bond acceptors (Lipinski definition) is 12. The number of fused-ring (bicyclic) bond motifs is 2. The van der Waals surface area contributed by atoms with Crippen molar-refractivity contribution in [2.45, 2.75) is 62.6 Å². The van der Waals surface area contributed by atoms with Gasteiger partial charge in [-0.2, -0.15) is 25.3 Å². The summed E-state index contributed by atoms with van der Waals surface area (Å²) in [6.45, 7) is 11.4. The van der Waals surface area contributed by atoms with Crippen molar-refractivity contribution in [1.82, 2.24) is 0 Å². The van der Waals surface area contributed by atoms with Gasteiger partial charge in [0.2, 0.25) is 0 Å². The number of carbonyl (C=O) groups is 1. The number of anilines is 1. The van der Waals surface area contributed by atoms with E-state index in [2.05, 4.69) is 15.5 Å². The first-order valence-electron chi connectivity index (χ1n) is 15.4. The van der Waals surface area contributed by atoms with Crippen LogP contribution in [0.5, 0.6) is 5.75 Å². The van der Waals surface area contributed by atoms with Gasteiger partial charge in [0.15, 0.2) is 5.75 Å². The molecule has 4 rings (SSSR count). The van der Waals surface area contributed by atoms with Gasteiger partial charge in [-0.1, -0.05) is 71.9 Å². The first-order valence-corrected chi connectivity index (χ1v) is 19.7. The second-order valence-electron chi connectivity index (χ2n) is 14.2. The largest absolute Gasteiger partial charge is 0.505 e. The standard InChI is InChI=1S/C33H39N3O12S3/c1-32(2,3)18-23(33(4,5)6)31(38)48-14-13-34-25-17-21(49(39,40)41)15-20-16-26(50(42,43)44)28(29(37)27(20)25)36-35-24-12-11-19-9-7-8-10-22(19)30(24)51(45,46)47/h7-12,15-17,23,34,37H,13-14,18H2,1-6H3,(H,39,40,41)(H,42,43,44)(H,45,46,47). The normalized spacial score (nSPS) is 13.9. The van der Waals surface area contributed by atoms with Crippen LogP contribution in [0.25, 0.3) is 21.5 Å². The number of azo groups is 1. The van der Waals surface area contributed by atoms with Crippen molar-refractivity contribution in [2.24, 2.45) is 27.0 Å². The van der Waals surface area contributed by atoms with Gasteiger partial charge >= 0.3 is 5.97 Å². The van der Waals surface area contributed by atoms with E-state index in [0.29, 0.717) is 11.8 Å². The zero-order chi connectivity index (χ0) is 38.3. The summed E-state index contributed by atoms with van der Waals surface area (Å²) >= 11 is 0. The summed E-state index contributed by atoms with van der Waals surface area (Å²) in [4.78, 5) is 10.7. The fraction of sp³-hybridized carbons (Fsp3) is 0.364. The molecule has 0 amide bonds. The number of aromatic hydroxyl groups is 1. The molecule has 0 saturated carbocycles. The Morgan fingerprint density at radius 1 is 0.824 bits per heavy atom. The molecular weight excluding hydrogens is 727 g/mol. The highest BCUT2D eigenvalue weighted by Gasteiger charge is 2.36. The van der Waals surface area contributed by atoms with Crippen LogP contribution < -0.4 is 5.32 Å². The smallest absolute Gasteiger partial charge is 0.309 e. The first kappa shape index (κ1) is 39.6. The van der Waals surface area contributed by atoms with Crippen LogP contribution in [0.4, 0.5) is 17.1 Å². The molecule has 15 nitrogen and oxygen atoms in total. The van der Waals surface area contributed by atoms with Gasteiger partial charge in [0.05, 0.1) is 10.8 Å². The maximum absolute atomic E-state index is 13.1. The van der Waals surface area contributed by atoms with Gasteiger partial charge in [-0.3, -0.25) is 18.5 Å². The quantitative estimate of drug-likeness (QED) is 0.0451. The minimum atomic E-state index is -5.22. The molecule has 276 valence electrons. The van der Waals surface area contributed by atoms with Gasteiger partial charge in [0.1, 0.15) is 27.8 Å². The molecule has 0 radical (unpaired) electrons. The number of rotatable bonds is 11. The van der Waals surface area contributed by atoms with Crippen LogP contribution in [-0.2, 0) is 39.9 Å². The van der Waals surface area contributed by atoms with Crippen molar-refractivity contribution in [1.29, 1.82) is 0 Å². The first-order chi connectivity index (χ1) is 23.3. The van der Waals surface area contributed by atoms with E-state index in [9.17, 15) is 48.8 Å². The van der Waals surface area contributed by atoms with Crippen molar-refractivity contribution in [3.63, 3.8) is 0 Å². The summed E-state index contributed by atoms with van der Waals surface area (Å²) in [6, 6.07) is 11.3. The number of phenols is 1. The number of benzene rings is 4. The summed E-state index contributed by atoms with van der Waals surface area (Å²) in [5.74, 6) is -1.87. The Bertz CT molecular complexity index is 2380. The summed E-state index contributed by atoms with van der Waals surface area (Å²) in [5.41, 5.74) is -2.10. The van der Waals surface area contributed by atoms with E-state index in [0.717, 1.165) is 18.2 Å². The third-order valence-electron chi connectivity index (χ3n) is 7.88. The number of phenolic OH excluding ortho intramolecular Hbond substituents is 1. The lowest BCUT2D eigenvalue weighted by Gasteiger charge is -2.33. The third-order valence-corrected chi connectivity index (χ3v) is 10.5. The van der Waals surface area contributed by atoms with Crippen molar-refractivity contribution in [2.75, 3.05) is 18.5 Å². The number of nitrogens with one attached hydrogen (secondary N) is 1. The lowest BCUT2D eigenvalue weighted by Crippen LogP contribution is -2.34. The Kier molecular flexibility index (Phi) is 10.9. The van der Waals surface area contributed by atoms with Crippen LogP contribution in [0.1, 0.15) is 48.0 Å². The molecule has 0 bridgehead atoms. The molecule has 18 heteroatoms. The van der Waals surface area contributed by atoms with Crippen molar-refractivity contribution < 1.29 is 53.5 Å². The third kappa shape index (κ3) is 9.38. The summed E-state index contributed by atoms with van der Waals surface area (Å²) < 4.78 is 109. The van der Waals surface area contributed by atoms with E-state index in [1.54, 1.807) is 12.1 Å². The average Bonchev–Trinajstić information content (AvgIpc) is 2.98. The van der Waals surface area contributed by atoms with Crippen LogP contribution in [0.3, 0.4) is 0 Å². The molecule has 1 atom stereocenters. The SMILES string of the molecule is CC(C)(C)CC(C(=O)OCCNc1cc(S(=O)(=O)O)cc2cc(S(=O)(=O)O)c(N=Nc3ccc4ccccc4c3S(=O)(=O)O)c(O)c12)C(C)(C)C. The molecule has 0 fully saturated rings. The molecule has 0 spiro atoms. The van der Waals surface area contributed by atoms with E-state index in [-0.39, 0.29) is 40.4 Å². The lowest BCUT2D eigenvalue weighted by atomic mass is 9.72. The Morgan fingerprint density at radius 2 is 1.47 bits per heavy atom. The van der Waals surface area contributed by atoms with E-state index in [1.165, 1.54) is 24.3 Å². The molecule has 0 aliphatic carbocycles. The Hall–Kier alpha value is -4.20. The molecule has 0 aliphatic rings. The highest BCUT2D eigenvalue weighted by atomic mass is 32.2. The van der Waals surface area contributed by atoms with Gasteiger partial charge in [-0.25, -0.2) is 0 Å². The highest BCUT2D eigenvalue weighted by molar-refractivity contribution is 7.86. The van der Waals surface area contributed by atoms with Gasteiger partial charge in [-0.15, -0.1) is 10.2 Å². The minimum Gasteiger partial charge on any atom is -0.505 e. The topological polar surface area (TPSA) is 246 Å². The lowest BCUT2D eigenvalue weighted by molar-refractivity contribution is -0.153. The van der Waals surface area contributed by atoms with Crippen molar-refractivity contribution in [3.8, 4) is 5.75 Å². The van der Waals surface area contributed by atoms with Gasteiger partial charge in [-0.05, 0) is 52.3 Å². The maximum Gasteiger partial charge on any atom is 0.309 e. The predicted molar refractivity (Wildman–Crippen MR) is 190 cm³/mol. The Balaban J connectivity index is 1.83. The summed E-state index contributed by atoms with van der Waals surface area (Å²) in [5, 5.41) is 21.8. The monoisotopic (exact) mass is 765 g/mol. The zero-order valence-corrected chi connectivity index (χ0v) is 31.0. The van der Waals surface area contributed by atoms with E-state index >= 15 is 0 Å². The molecule has 0 saturated heterocycles. The number of hydrogen-bond donors (Lipinski definition) is 5. The average molecular weight is 766 g/mol. The van der Waals surface area contributed by atoms with Gasteiger partial charge in [0, 0.05) is 23.0 Å². The number of nitrogens with zero attached hydrogens (tertiary/aromatic N) is 2. The molecular formula is C33H39N3O12S3. The van der Waals surface area contributed by atoms with E-state index in [1.807, 2.05) is 41.5 Å². The Morgan fingerprint density at radius 3 is 2.04 bits per heavy atom. The summed E-state index contributed by atoms with van der Waals surface area (Å²) in [6.07, 6.45) is 0.538. The molecule has 4 aromatic rings. The van der Waals surface area contributed by atoms with Crippen molar-refractivity contribution >= 4 is 74.9 Å². The highest BCUT2D eigenvalue weighted by Crippen LogP contribution is 2.46. The second kappa shape index (κ2) is 14.1. The van der Waals surface area contributed by atoms with Crippen LogP contribution in [-0.4, -0.2) is 63.1 Å². The fourth-order valence-corrected chi connectivity index (χ4v) is 7.56. The zero-order valence-electron chi connectivity index (χ0n) is 28.6. The van der Waals surface area contributed by atoms with Crippen molar-refractivity contribution in [3.05, 3.63) is 54.6 Å². The molecule has 51 heavy (non-hydrogen) atoms. The number of esters is 1. The van der Waals surface area contributed by atoms with Crippen LogP contribution in [0.2, 0.25) is 0 Å². The van der Waals surface area contributed by atoms with Crippen LogP contribution >= 0.6 is 0 Å². The maximum atomic E-state index is 13.1. The van der Waals surface area contributed by atoms with Gasteiger partial charge in [0.25, 0.3) is 30.4 Å². The molecule has 4 aromatic carbocycles. The van der Waals surface area contributed by atoms with Crippen LogP contribution in [0, 0.1) is 16.7 Å². The molecule has 0 heterocycles. The van der Waals surface area contributed by atoms with E-state index in [4.69, 9.17) is 4.74 Å². The molecule has 0 aromatic heterocycles. The van der Waals surface area contributed by atoms with E-state index < -0.39 is 79.5 Å². The predicted octanol–water partition coefficient (Wildman–Crippen LogP) is 6.91. The minimum absolute atomic E-state index is 0.0614.